The van der Waals surface area contributed by atoms with Gasteiger partial charge in [-0.3, -0.25) is 14.4 Å². The Hall–Kier alpha value is -2.50. The van der Waals surface area contributed by atoms with Crippen molar-refractivity contribution in [1.82, 2.24) is 14.5 Å². The van der Waals surface area contributed by atoms with Crippen molar-refractivity contribution in [3.63, 3.8) is 0 Å². The van der Waals surface area contributed by atoms with Gasteiger partial charge in [0.2, 0.25) is 15.9 Å². The summed E-state index contributed by atoms with van der Waals surface area (Å²) in [6, 6.07) is 5.52. The number of amides is 2. The Balaban J connectivity index is 2.25. The van der Waals surface area contributed by atoms with Crippen LogP contribution in [0.2, 0.25) is 0 Å². The summed E-state index contributed by atoms with van der Waals surface area (Å²) in [7, 11) is -2.47. The molecule has 1 saturated heterocycles. The van der Waals surface area contributed by atoms with E-state index < -0.39 is 21.9 Å². The van der Waals surface area contributed by atoms with Gasteiger partial charge in [0.1, 0.15) is 6.54 Å². The van der Waals surface area contributed by atoms with Crippen LogP contribution in [0.4, 0.5) is 0 Å². The molecule has 0 unspecified atom stereocenters. The summed E-state index contributed by atoms with van der Waals surface area (Å²) in [4.78, 5) is 37.4. The fraction of sp³-hybridized carbons (Fsp3) is 0.500. The van der Waals surface area contributed by atoms with Gasteiger partial charge in [0.15, 0.2) is 0 Å². The maximum Gasteiger partial charge on any atom is 0.325 e. The van der Waals surface area contributed by atoms with Gasteiger partial charge >= 0.3 is 5.97 Å². The number of carbonyl (C=O) groups is 3. The zero-order valence-corrected chi connectivity index (χ0v) is 17.2. The standard InChI is InChI=1S/C18H25N3O7S/c1-3-28-17(23)13-20(9-10-27-2)18(24)14-5-4-6-15(11-14)29(25,26)21-8-7-19-16(22)12-21/h4-6,11H,3,7-10,12-13H2,1-2H3,(H,19,22). The lowest BCUT2D eigenvalue weighted by atomic mass is 10.2. The lowest BCUT2D eigenvalue weighted by molar-refractivity contribution is -0.144. The number of nitrogens with zero attached hydrogens (tertiary/aromatic N) is 2. The van der Waals surface area contributed by atoms with E-state index in [4.69, 9.17) is 9.47 Å². The molecule has 1 aromatic carbocycles. The number of nitrogens with one attached hydrogen (secondary N) is 1. The second-order valence-electron chi connectivity index (χ2n) is 6.24. The van der Waals surface area contributed by atoms with Gasteiger partial charge in [0.25, 0.3) is 5.91 Å². The van der Waals surface area contributed by atoms with Crippen LogP contribution in [-0.2, 0) is 29.1 Å². The molecule has 0 radical (unpaired) electrons. The quantitative estimate of drug-likeness (QED) is 0.525. The molecule has 0 atom stereocenters. The first-order valence-electron chi connectivity index (χ1n) is 9.10. The lowest BCUT2D eigenvalue weighted by Gasteiger charge is -2.26. The van der Waals surface area contributed by atoms with E-state index in [1.807, 2.05) is 0 Å². The minimum atomic E-state index is -3.94. The van der Waals surface area contributed by atoms with Crippen molar-refractivity contribution in [2.75, 3.05) is 53.0 Å². The van der Waals surface area contributed by atoms with Gasteiger partial charge < -0.3 is 19.7 Å². The number of benzene rings is 1. The predicted molar refractivity (Wildman–Crippen MR) is 103 cm³/mol. The van der Waals surface area contributed by atoms with E-state index >= 15 is 0 Å². The molecule has 0 bridgehead atoms. The summed E-state index contributed by atoms with van der Waals surface area (Å²) < 4.78 is 36.6. The fourth-order valence-corrected chi connectivity index (χ4v) is 4.20. The maximum absolute atomic E-state index is 12.9. The van der Waals surface area contributed by atoms with Crippen molar-refractivity contribution < 1.29 is 32.3 Å². The second-order valence-corrected chi connectivity index (χ2v) is 8.18. The van der Waals surface area contributed by atoms with E-state index in [-0.39, 0.29) is 62.3 Å². The molecule has 29 heavy (non-hydrogen) atoms. The van der Waals surface area contributed by atoms with Crippen LogP contribution in [0.25, 0.3) is 0 Å². The van der Waals surface area contributed by atoms with Gasteiger partial charge in [0.05, 0.1) is 24.7 Å². The van der Waals surface area contributed by atoms with Crippen molar-refractivity contribution in [2.45, 2.75) is 11.8 Å². The summed E-state index contributed by atoms with van der Waals surface area (Å²) in [6.07, 6.45) is 0. The van der Waals surface area contributed by atoms with Crippen molar-refractivity contribution in [3.05, 3.63) is 29.8 Å². The van der Waals surface area contributed by atoms with Crippen LogP contribution in [0.1, 0.15) is 17.3 Å². The number of ether oxygens (including phenoxy) is 2. The molecule has 1 aliphatic rings. The average Bonchev–Trinajstić information content (AvgIpc) is 2.71. The number of rotatable bonds is 9. The summed E-state index contributed by atoms with van der Waals surface area (Å²) in [5.74, 6) is -1.48. The van der Waals surface area contributed by atoms with Gasteiger partial charge in [-0.05, 0) is 25.1 Å². The Morgan fingerprint density at radius 2 is 2.07 bits per heavy atom. The monoisotopic (exact) mass is 427 g/mol. The summed E-state index contributed by atoms with van der Waals surface area (Å²) in [6.45, 7) is 2.00. The molecule has 11 heteroatoms. The van der Waals surface area contributed by atoms with Crippen LogP contribution in [0, 0.1) is 0 Å². The smallest absolute Gasteiger partial charge is 0.325 e. The Labute approximate surface area is 169 Å². The van der Waals surface area contributed by atoms with Gasteiger partial charge in [0, 0.05) is 32.3 Å². The van der Waals surface area contributed by atoms with Gasteiger partial charge in [-0.2, -0.15) is 4.31 Å². The van der Waals surface area contributed by atoms with Crippen molar-refractivity contribution in [3.8, 4) is 0 Å². The SMILES string of the molecule is CCOC(=O)CN(CCOC)C(=O)c1cccc(S(=O)(=O)N2CCNC(=O)C2)c1. The van der Waals surface area contributed by atoms with E-state index in [1.165, 1.54) is 36.3 Å². The Morgan fingerprint density at radius 1 is 1.31 bits per heavy atom. The molecule has 2 amide bonds. The van der Waals surface area contributed by atoms with Crippen LogP contribution in [0.3, 0.4) is 0 Å². The highest BCUT2D eigenvalue weighted by atomic mass is 32.2. The first kappa shape index (κ1) is 22.8. The largest absolute Gasteiger partial charge is 0.465 e. The number of piperazine rings is 1. The lowest BCUT2D eigenvalue weighted by Crippen LogP contribution is -2.49. The van der Waals surface area contributed by atoms with Crippen molar-refractivity contribution >= 4 is 27.8 Å². The van der Waals surface area contributed by atoms with Crippen LogP contribution in [0.15, 0.2) is 29.2 Å². The van der Waals surface area contributed by atoms with Gasteiger partial charge in [-0.1, -0.05) is 6.07 Å². The third-order valence-electron chi connectivity index (χ3n) is 4.20. The molecule has 1 fully saturated rings. The Kier molecular flexibility index (Phi) is 8.11. The van der Waals surface area contributed by atoms with Gasteiger partial charge in [-0.25, -0.2) is 8.42 Å². The predicted octanol–water partition coefficient (Wildman–Crippen LogP) is -0.541. The molecule has 2 rings (SSSR count). The molecule has 0 aromatic heterocycles. The van der Waals surface area contributed by atoms with Crippen LogP contribution in [0.5, 0.6) is 0 Å². The van der Waals surface area contributed by atoms with E-state index in [0.717, 1.165) is 4.31 Å². The Bertz CT molecular complexity index is 857. The minimum Gasteiger partial charge on any atom is -0.465 e. The number of hydrogen-bond donors (Lipinski definition) is 1. The topological polar surface area (TPSA) is 122 Å². The first-order chi connectivity index (χ1) is 13.8. The van der Waals surface area contributed by atoms with Crippen molar-refractivity contribution in [2.24, 2.45) is 0 Å². The molecular weight excluding hydrogens is 402 g/mol. The summed E-state index contributed by atoms with van der Waals surface area (Å²) in [5, 5.41) is 2.57. The zero-order chi connectivity index (χ0) is 21.4. The highest BCUT2D eigenvalue weighted by Crippen LogP contribution is 2.19. The number of sulfonamides is 1. The first-order valence-corrected chi connectivity index (χ1v) is 10.5. The fourth-order valence-electron chi connectivity index (χ4n) is 2.76. The third-order valence-corrected chi connectivity index (χ3v) is 6.04. The third kappa shape index (κ3) is 5.99. The highest BCUT2D eigenvalue weighted by Gasteiger charge is 2.30. The van der Waals surface area contributed by atoms with E-state index in [0.29, 0.717) is 0 Å². The summed E-state index contributed by atoms with van der Waals surface area (Å²) in [5.41, 5.74) is 0.105. The molecule has 0 saturated carbocycles. The molecule has 1 N–H and O–H groups in total. The second kappa shape index (κ2) is 10.3. The molecule has 1 aliphatic heterocycles. The highest BCUT2D eigenvalue weighted by molar-refractivity contribution is 7.89. The molecule has 160 valence electrons. The maximum atomic E-state index is 12.9. The molecule has 10 nitrogen and oxygen atoms in total. The number of methoxy groups -OCH3 is 1. The molecule has 1 aromatic rings. The van der Waals surface area contributed by atoms with Crippen LogP contribution >= 0.6 is 0 Å². The molecule has 0 aliphatic carbocycles. The summed E-state index contributed by atoms with van der Waals surface area (Å²) >= 11 is 0. The van der Waals surface area contributed by atoms with Crippen molar-refractivity contribution in [1.29, 1.82) is 0 Å². The van der Waals surface area contributed by atoms with E-state index in [2.05, 4.69) is 5.32 Å². The van der Waals surface area contributed by atoms with Crippen LogP contribution < -0.4 is 5.32 Å². The van der Waals surface area contributed by atoms with Gasteiger partial charge in [-0.15, -0.1) is 0 Å². The average molecular weight is 427 g/mol. The normalized spacial score (nSPS) is 14.9. The number of carbonyl (C=O) groups excluding carboxylic acids is 3. The molecular formula is C18H25N3O7S. The minimum absolute atomic E-state index is 0.0964. The zero-order valence-electron chi connectivity index (χ0n) is 16.4. The van der Waals surface area contributed by atoms with E-state index in [9.17, 15) is 22.8 Å². The number of esters is 1. The van der Waals surface area contributed by atoms with E-state index in [1.54, 1.807) is 6.92 Å². The van der Waals surface area contributed by atoms with Crippen LogP contribution in [-0.4, -0.2) is 88.5 Å². The Morgan fingerprint density at radius 3 is 2.72 bits per heavy atom. The molecule has 1 heterocycles. The number of hydrogen-bond acceptors (Lipinski definition) is 7. The molecule has 0 spiro atoms.